The lowest BCUT2D eigenvalue weighted by molar-refractivity contribution is -0.156. The highest BCUT2D eigenvalue weighted by molar-refractivity contribution is 5.75. The second-order valence-corrected chi connectivity index (χ2v) is 8.47. The summed E-state index contributed by atoms with van der Waals surface area (Å²) in [4.78, 5) is 11.6. The Labute approximate surface area is 131 Å². The van der Waals surface area contributed by atoms with Crippen molar-refractivity contribution in [2.45, 2.75) is 86.7 Å². The van der Waals surface area contributed by atoms with Crippen LogP contribution in [0.4, 0.5) is 0 Å². The highest BCUT2D eigenvalue weighted by Crippen LogP contribution is 2.29. The van der Waals surface area contributed by atoms with E-state index >= 15 is 0 Å². The molecule has 3 heteroatoms. The van der Waals surface area contributed by atoms with Crippen LogP contribution in [-0.4, -0.2) is 23.8 Å². The zero-order valence-corrected chi connectivity index (χ0v) is 15.2. The number of rotatable bonds is 8. The molecule has 21 heavy (non-hydrogen) atoms. The topological polar surface area (TPSA) is 46.5 Å². The van der Waals surface area contributed by atoms with Gasteiger partial charge in [0.1, 0.15) is 6.61 Å². The van der Waals surface area contributed by atoms with Crippen molar-refractivity contribution in [2.24, 2.45) is 16.7 Å². The summed E-state index contributed by atoms with van der Waals surface area (Å²) in [6, 6.07) is 0. The maximum absolute atomic E-state index is 11.6. The molecule has 0 spiro atoms. The van der Waals surface area contributed by atoms with Gasteiger partial charge in [0.05, 0.1) is 11.5 Å². The standard InChI is InChI=1S/C18H36O3/c1-8-14(12-17(2,3)4)10-9-11-15(19)13-21-16(20)18(5,6)7/h14-15,19H,8-13H2,1-7H3. The van der Waals surface area contributed by atoms with Gasteiger partial charge in [0, 0.05) is 0 Å². The third kappa shape index (κ3) is 10.8. The Hall–Kier alpha value is -0.570. The zero-order chi connectivity index (χ0) is 16.7. The van der Waals surface area contributed by atoms with E-state index in [0.717, 1.165) is 12.8 Å². The first kappa shape index (κ1) is 20.4. The van der Waals surface area contributed by atoms with Crippen molar-refractivity contribution in [1.29, 1.82) is 0 Å². The molecule has 0 aromatic carbocycles. The molecule has 0 aliphatic carbocycles. The molecule has 1 N–H and O–H groups in total. The number of ether oxygens (including phenoxy) is 1. The number of hydrogen-bond donors (Lipinski definition) is 1. The van der Waals surface area contributed by atoms with E-state index in [1.54, 1.807) is 0 Å². The summed E-state index contributed by atoms with van der Waals surface area (Å²) in [7, 11) is 0. The van der Waals surface area contributed by atoms with Crippen LogP contribution in [0.15, 0.2) is 0 Å². The average molecular weight is 300 g/mol. The van der Waals surface area contributed by atoms with Crippen LogP contribution >= 0.6 is 0 Å². The lowest BCUT2D eigenvalue weighted by atomic mass is 9.81. The van der Waals surface area contributed by atoms with Crippen LogP contribution in [0.2, 0.25) is 0 Å². The maximum atomic E-state index is 11.6. The number of carbonyl (C=O) groups is 1. The van der Waals surface area contributed by atoms with E-state index in [0.29, 0.717) is 17.8 Å². The molecule has 0 aliphatic rings. The molecule has 0 amide bonds. The Morgan fingerprint density at radius 1 is 1.10 bits per heavy atom. The van der Waals surface area contributed by atoms with Crippen molar-refractivity contribution >= 4 is 5.97 Å². The molecule has 0 aliphatic heterocycles. The van der Waals surface area contributed by atoms with Crippen LogP contribution in [0.3, 0.4) is 0 Å². The summed E-state index contributed by atoms with van der Waals surface area (Å²) in [5.74, 6) is 0.468. The lowest BCUT2D eigenvalue weighted by Gasteiger charge is -2.25. The molecule has 0 radical (unpaired) electrons. The van der Waals surface area contributed by atoms with E-state index in [1.165, 1.54) is 12.8 Å². The van der Waals surface area contributed by atoms with Crippen molar-refractivity contribution in [2.75, 3.05) is 6.61 Å². The van der Waals surface area contributed by atoms with E-state index < -0.39 is 11.5 Å². The van der Waals surface area contributed by atoms with Gasteiger partial charge in [-0.1, -0.05) is 47.0 Å². The van der Waals surface area contributed by atoms with Gasteiger partial charge in [-0.2, -0.15) is 0 Å². The lowest BCUT2D eigenvalue weighted by Crippen LogP contribution is -2.27. The SMILES string of the molecule is CCC(CCCC(O)COC(=O)C(C)(C)C)CC(C)(C)C. The summed E-state index contributed by atoms with van der Waals surface area (Å²) < 4.78 is 5.14. The van der Waals surface area contributed by atoms with Crippen LogP contribution in [-0.2, 0) is 9.53 Å². The molecule has 0 heterocycles. The van der Waals surface area contributed by atoms with Crippen LogP contribution < -0.4 is 0 Å². The number of hydrogen-bond acceptors (Lipinski definition) is 3. The molecule has 0 rings (SSSR count). The third-order valence-electron chi connectivity index (χ3n) is 3.65. The van der Waals surface area contributed by atoms with Crippen molar-refractivity contribution in [1.82, 2.24) is 0 Å². The Bertz CT molecular complexity index is 297. The molecule has 3 nitrogen and oxygen atoms in total. The fourth-order valence-corrected chi connectivity index (χ4v) is 2.43. The van der Waals surface area contributed by atoms with E-state index in [2.05, 4.69) is 27.7 Å². The summed E-state index contributed by atoms with van der Waals surface area (Å²) in [6.07, 6.45) is 4.70. The Morgan fingerprint density at radius 3 is 2.10 bits per heavy atom. The first-order valence-electron chi connectivity index (χ1n) is 8.31. The van der Waals surface area contributed by atoms with E-state index in [-0.39, 0.29) is 12.6 Å². The molecule has 0 saturated heterocycles. The van der Waals surface area contributed by atoms with Gasteiger partial charge in [-0.3, -0.25) is 4.79 Å². The molecule has 126 valence electrons. The van der Waals surface area contributed by atoms with E-state index in [4.69, 9.17) is 4.74 Å². The number of aliphatic hydroxyl groups excluding tert-OH is 1. The minimum atomic E-state index is -0.538. The highest BCUT2D eigenvalue weighted by atomic mass is 16.5. The quantitative estimate of drug-likeness (QED) is 0.668. The van der Waals surface area contributed by atoms with Gasteiger partial charge in [-0.05, 0) is 44.9 Å². The monoisotopic (exact) mass is 300 g/mol. The second-order valence-electron chi connectivity index (χ2n) is 8.47. The highest BCUT2D eigenvalue weighted by Gasteiger charge is 2.24. The van der Waals surface area contributed by atoms with Gasteiger partial charge < -0.3 is 9.84 Å². The molecule has 2 unspecified atom stereocenters. The van der Waals surface area contributed by atoms with E-state index in [1.807, 2.05) is 20.8 Å². The minimum Gasteiger partial charge on any atom is -0.463 e. The first-order valence-corrected chi connectivity index (χ1v) is 8.31. The predicted molar refractivity (Wildman–Crippen MR) is 88.1 cm³/mol. The summed E-state index contributed by atoms with van der Waals surface area (Å²) in [6.45, 7) is 14.6. The maximum Gasteiger partial charge on any atom is 0.311 e. The smallest absolute Gasteiger partial charge is 0.311 e. The summed E-state index contributed by atoms with van der Waals surface area (Å²) in [5, 5.41) is 9.90. The van der Waals surface area contributed by atoms with Crippen molar-refractivity contribution < 1.29 is 14.6 Å². The molecule has 0 aromatic heterocycles. The average Bonchev–Trinajstić information content (AvgIpc) is 2.31. The van der Waals surface area contributed by atoms with Gasteiger partial charge in [-0.25, -0.2) is 0 Å². The Morgan fingerprint density at radius 2 is 1.67 bits per heavy atom. The van der Waals surface area contributed by atoms with Crippen LogP contribution in [0.25, 0.3) is 0 Å². The van der Waals surface area contributed by atoms with Gasteiger partial charge in [-0.15, -0.1) is 0 Å². The molecular weight excluding hydrogens is 264 g/mol. The number of aliphatic hydroxyl groups is 1. The minimum absolute atomic E-state index is 0.117. The van der Waals surface area contributed by atoms with Crippen molar-refractivity contribution in [3.63, 3.8) is 0 Å². The zero-order valence-electron chi connectivity index (χ0n) is 15.2. The van der Waals surface area contributed by atoms with Crippen molar-refractivity contribution in [3.8, 4) is 0 Å². The Kier molecular flexibility index (Phi) is 8.53. The first-order chi connectivity index (χ1) is 9.45. The molecule has 0 fully saturated rings. The summed E-state index contributed by atoms with van der Waals surface area (Å²) >= 11 is 0. The number of esters is 1. The Balaban J connectivity index is 3.93. The molecule has 0 saturated carbocycles. The fraction of sp³-hybridized carbons (Fsp3) is 0.944. The fourth-order valence-electron chi connectivity index (χ4n) is 2.43. The second kappa shape index (κ2) is 8.77. The molecule has 0 aromatic rings. The molecule has 0 bridgehead atoms. The van der Waals surface area contributed by atoms with Gasteiger partial charge >= 0.3 is 5.97 Å². The number of carbonyl (C=O) groups excluding carboxylic acids is 1. The molecule has 2 atom stereocenters. The van der Waals surface area contributed by atoms with Crippen LogP contribution in [0.1, 0.15) is 80.6 Å². The molecular formula is C18H36O3. The largest absolute Gasteiger partial charge is 0.463 e. The normalized spacial score (nSPS) is 15.6. The van der Waals surface area contributed by atoms with Crippen molar-refractivity contribution in [3.05, 3.63) is 0 Å². The van der Waals surface area contributed by atoms with Crippen LogP contribution in [0, 0.1) is 16.7 Å². The summed E-state index contributed by atoms with van der Waals surface area (Å²) in [5.41, 5.74) is -0.138. The van der Waals surface area contributed by atoms with Gasteiger partial charge in [0.15, 0.2) is 0 Å². The van der Waals surface area contributed by atoms with Crippen LogP contribution in [0.5, 0.6) is 0 Å². The van der Waals surface area contributed by atoms with Gasteiger partial charge in [0.25, 0.3) is 0 Å². The third-order valence-corrected chi connectivity index (χ3v) is 3.65. The predicted octanol–water partition coefficient (Wildman–Crippen LogP) is 4.57. The van der Waals surface area contributed by atoms with E-state index in [9.17, 15) is 9.90 Å². The van der Waals surface area contributed by atoms with Gasteiger partial charge in [0.2, 0.25) is 0 Å².